The highest BCUT2D eigenvalue weighted by Crippen LogP contribution is 2.26. The zero-order valence-corrected chi connectivity index (χ0v) is 42.1. The molecule has 1 rings (SSSR count). The number of carbonyl (C=O) groups is 1. The average Bonchev–Trinajstić information content (AvgIpc) is 3.29. The topological polar surface area (TPSA) is 178 Å². The van der Waals surface area contributed by atoms with Gasteiger partial charge in [0.2, 0.25) is 0 Å². The third-order valence-corrected chi connectivity index (χ3v) is 12.2. The molecule has 66 heavy (non-hydrogen) atoms. The second kappa shape index (κ2) is 44.0. The smallest absolute Gasteiger partial charge is 0.397 e. The van der Waals surface area contributed by atoms with Gasteiger partial charge in [-0.1, -0.05) is 222 Å². The predicted octanol–water partition coefficient (Wildman–Crippen LogP) is 12.1. The van der Waals surface area contributed by atoms with Crippen LogP contribution in [0.5, 0.6) is 0 Å². The highest BCUT2D eigenvalue weighted by Gasteiger charge is 2.48. The summed E-state index contributed by atoms with van der Waals surface area (Å²) in [5, 5.41) is 30.7. The lowest BCUT2D eigenvalue weighted by Crippen LogP contribution is -2.60. The largest absolute Gasteiger partial charge is 0.457 e. The maximum absolute atomic E-state index is 12.8. The second-order valence-electron chi connectivity index (χ2n) is 17.8. The van der Waals surface area contributed by atoms with Crippen LogP contribution in [-0.2, 0) is 38.3 Å². The maximum Gasteiger partial charge on any atom is 0.397 e. The van der Waals surface area contributed by atoms with Crippen molar-refractivity contribution >= 4 is 16.4 Å². The van der Waals surface area contributed by atoms with Crippen molar-refractivity contribution in [2.75, 3.05) is 26.4 Å². The van der Waals surface area contributed by atoms with E-state index in [4.69, 9.17) is 18.9 Å². The molecule has 0 radical (unpaired) electrons. The number of esters is 1. The van der Waals surface area contributed by atoms with Gasteiger partial charge in [0.15, 0.2) is 6.29 Å². The van der Waals surface area contributed by atoms with Gasteiger partial charge in [0, 0.05) is 6.61 Å². The monoisotopic (exact) mass is 955 g/mol. The fraction of sp³-hybridized carbons (Fsp3) is 0.792. The average molecular weight is 955 g/mol. The molecule has 384 valence electrons. The SMILES string of the molecule is CC/C=C\C/C=C\C/C=C\C/C=C\C/C=C\CC(=O)OC(COCCCCCCCCCCCCCCCCCCCCCCCCCC)COC1OC(CO)C(O)C(OS(=O)(=O)O)C1O. The van der Waals surface area contributed by atoms with Crippen molar-refractivity contribution in [3.8, 4) is 0 Å². The first-order chi connectivity index (χ1) is 32.1. The van der Waals surface area contributed by atoms with Crippen LogP contribution < -0.4 is 0 Å². The molecular formula is C53H94O12S. The Morgan fingerprint density at radius 2 is 0.985 bits per heavy atom. The molecule has 0 saturated carbocycles. The number of hydrogen-bond donors (Lipinski definition) is 4. The van der Waals surface area contributed by atoms with E-state index < -0.39 is 59.8 Å². The van der Waals surface area contributed by atoms with Gasteiger partial charge in [-0.25, -0.2) is 4.18 Å². The van der Waals surface area contributed by atoms with Gasteiger partial charge in [-0.3, -0.25) is 9.35 Å². The van der Waals surface area contributed by atoms with Gasteiger partial charge in [0.05, 0.1) is 26.2 Å². The normalized spacial score (nSPS) is 20.0. The summed E-state index contributed by atoms with van der Waals surface area (Å²) < 4.78 is 59.1. The molecule has 6 atom stereocenters. The fourth-order valence-electron chi connectivity index (χ4n) is 7.81. The second-order valence-corrected chi connectivity index (χ2v) is 18.8. The minimum atomic E-state index is -5.08. The molecule has 1 aliphatic heterocycles. The van der Waals surface area contributed by atoms with Crippen LogP contribution in [0.25, 0.3) is 0 Å². The Hall–Kier alpha value is -2.20. The van der Waals surface area contributed by atoms with E-state index in [1.165, 1.54) is 135 Å². The van der Waals surface area contributed by atoms with Gasteiger partial charge in [-0.2, -0.15) is 8.42 Å². The van der Waals surface area contributed by atoms with Crippen LogP contribution in [0.3, 0.4) is 0 Å². The number of aliphatic hydroxyl groups excluding tert-OH is 3. The summed E-state index contributed by atoms with van der Waals surface area (Å²) in [6.45, 7) is 3.78. The van der Waals surface area contributed by atoms with Crippen molar-refractivity contribution in [2.24, 2.45) is 0 Å². The quantitative estimate of drug-likeness (QED) is 0.0197. The van der Waals surface area contributed by atoms with Crippen LogP contribution in [0.2, 0.25) is 0 Å². The number of allylic oxidation sites excluding steroid dienone is 9. The summed E-state index contributed by atoms with van der Waals surface area (Å²) in [6, 6.07) is 0. The molecule has 0 amide bonds. The Bertz CT molecular complexity index is 1380. The first kappa shape index (κ1) is 61.8. The van der Waals surface area contributed by atoms with Gasteiger partial charge in [0.25, 0.3) is 0 Å². The number of unbranched alkanes of at least 4 members (excludes halogenated alkanes) is 23. The van der Waals surface area contributed by atoms with Gasteiger partial charge < -0.3 is 34.3 Å². The van der Waals surface area contributed by atoms with Crippen LogP contribution in [-0.4, -0.2) is 97.5 Å². The number of aliphatic hydroxyl groups is 3. The predicted molar refractivity (Wildman–Crippen MR) is 266 cm³/mol. The van der Waals surface area contributed by atoms with E-state index in [2.05, 4.69) is 60.6 Å². The van der Waals surface area contributed by atoms with Gasteiger partial charge in [0.1, 0.15) is 30.5 Å². The molecule has 1 aliphatic rings. The van der Waals surface area contributed by atoms with Crippen molar-refractivity contribution in [1.82, 2.24) is 0 Å². The highest BCUT2D eigenvalue weighted by molar-refractivity contribution is 7.80. The molecular weight excluding hydrogens is 861 g/mol. The highest BCUT2D eigenvalue weighted by atomic mass is 32.3. The molecule has 0 spiro atoms. The Morgan fingerprint density at radius 1 is 0.576 bits per heavy atom. The molecule has 6 unspecified atom stereocenters. The van der Waals surface area contributed by atoms with Crippen molar-refractivity contribution in [2.45, 2.75) is 243 Å². The molecule has 0 aromatic heterocycles. The van der Waals surface area contributed by atoms with E-state index in [0.29, 0.717) is 13.0 Å². The molecule has 1 saturated heterocycles. The van der Waals surface area contributed by atoms with E-state index in [-0.39, 0.29) is 19.6 Å². The van der Waals surface area contributed by atoms with Gasteiger partial charge in [-0.15, -0.1) is 0 Å². The molecule has 0 bridgehead atoms. The van der Waals surface area contributed by atoms with Crippen molar-refractivity contribution < 1.29 is 56.2 Å². The Balaban J connectivity index is 2.35. The van der Waals surface area contributed by atoms with Crippen LogP contribution in [0.1, 0.15) is 206 Å². The Labute approximate surface area is 401 Å². The lowest BCUT2D eigenvalue weighted by molar-refractivity contribution is -0.301. The van der Waals surface area contributed by atoms with Gasteiger partial charge >= 0.3 is 16.4 Å². The van der Waals surface area contributed by atoms with E-state index in [1.807, 2.05) is 12.2 Å². The summed E-state index contributed by atoms with van der Waals surface area (Å²) in [5.74, 6) is -0.523. The van der Waals surface area contributed by atoms with E-state index in [9.17, 15) is 33.1 Å². The summed E-state index contributed by atoms with van der Waals surface area (Å²) in [5.41, 5.74) is 0. The van der Waals surface area contributed by atoms with Crippen molar-refractivity contribution in [3.63, 3.8) is 0 Å². The number of hydrogen-bond acceptors (Lipinski definition) is 11. The maximum atomic E-state index is 12.8. The van der Waals surface area contributed by atoms with Crippen molar-refractivity contribution in [1.29, 1.82) is 0 Å². The molecule has 13 heteroatoms. The summed E-state index contributed by atoms with van der Waals surface area (Å²) in [6.07, 6.45) is 47.3. The third kappa shape index (κ3) is 36.8. The Morgan fingerprint density at radius 3 is 1.39 bits per heavy atom. The molecule has 12 nitrogen and oxygen atoms in total. The minimum absolute atomic E-state index is 0.00339. The van der Waals surface area contributed by atoms with E-state index in [0.717, 1.165) is 44.9 Å². The van der Waals surface area contributed by atoms with Crippen LogP contribution in [0.15, 0.2) is 60.8 Å². The zero-order valence-electron chi connectivity index (χ0n) is 41.2. The van der Waals surface area contributed by atoms with Crippen LogP contribution >= 0.6 is 0 Å². The molecule has 0 aromatic rings. The molecule has 1 fully saturated rings. The van der Waals surface area contributed by atoms with E-state index in [1.54, 1.807) is 6.08 Å². The lowest BCUT2D eigenvalue weighted by Gasteiger charge is -2.41. The fourth-order valence-corrected chi connectivity index (χ4v) is 8.32. The number of carbonyl (C=O) groups excluding carboxylic acids is 1. The Kier molecular flexibility index (Phi) is 41.2. The van der Waals surface area contributed by atoms with E-state index >= 15 is 0 Å². The zero-order chi connectivity index (χ0) is 48.2. The molecule has 1 heterocycles. The molecule has 4 N–H and O–H groups in total. The standard InChI is InChI=1S/C53H94O12S/c1-3-5-7-9-11-13-15-17-19-20-21-22-23-24-25-26-27-29-31-33-35-37-39-41-43-61-45-47(46-62-53-51(57)52(65-66(58,59)60)50(56)48(44-54)64-53)63-49(55)42-40-38-36-34-32-30-28-18-16-14-12-10-8-6-4-2/h6,8,12,14,18,28,32,34,38,40,47-48,50-54,56-57H,3-5,7,9-11,13,15-17,19-27,29-31,33,35-37,39,41-46H2,1-2H3,(H,58,59,60)/b8-6-,14-12-,28-18-,34-32-,40-38-. The molecule has 0 aromatic carbocycles. The first-order valence-electron chi connectivity index (χ1n) is 26.0. The first-order valence-corrected chi connectivity index (χ1v) is 27.4. The van der Waals surface area contributed by atoms with Crippen LogP contribution in [0.4, 0.5) is 0 Å². The lowest BCUT2D eigenvalue weighted by atomic mass is 9.99. The number of rotatable bonds is 45. The minimum Gasteiger partial charge on any atom is -0.457 e. The summed E-state index contributed by atoms with van der Waals surface area (Å²) in [4.78, 5) is 12.8. The number of ether oxygens (including phenoxy) is 4. The van der Waals surface area contributed by atoms with Crippen molar-refractivity contribution in [3.05, 3.63) is 60.8 Å². The molecule has 0 aliphatic carbocycles. The summed E-state index contributed by atoms with van der Waals surface area (Å²) in [7, 11) is -5.08. The van der Waals surface area contributed by atoms with Gasteiger partial charge in [-0.05, 0) is 38.5 Å². The van der Waals surface area contributed by atoms with Crippen LogP contribution in [0, 0.1) is 0 Å². The third-order valence-electron chi connectivity index (χ3n) is 11.7. The summed E-state index contributed by atoms with van der Waals surface area (Å²) >= 11 is 0.